The van der Waals surface area contributed by atoms with Crippen LogP contribution in [-0.2, 0) is 21.4 Å². The van der Waals surface area contributed by atoms with Gasteiger partial charge in [-0.05, 0) is 84.2 Å². The van der Waals surface area contributed by atoms with Gasteiger partial charge in [-0.1, -0.05) is 76.7 Å². The first kappa shape index (κ1) is 30.9. The summed E-state index contributed by atoms with van der Waals surface area (Å²) in [5.74, 6) is -0.722. The number of cyclic esters (lactones) is 1. The van der Waals surface area contributed by atoms with E-state index in [2.05, 4.69) is 44.3 Å². The molecule has 1 aliphatic heterocycles. The summed E-state index contributed by atoms with van der Waals surface area (Å²) in [6.07, 6.45) is 1.61. The first-order valence-corrected chi connectivity index (χ1v) is 15.0. The number of hydrogen-bond acceptors (Lipinski definition) is 6. The lowest BCUT2D eigenvalue weighted by Crippen LogP contribution is -2.44. The van der Waals surface area contributed by atoms with Crippen LogP contribution in [0.5, 0.6) is 0 Å². The maximum absolute atomic E-state index is 13.5. The number of esters is 1. The van der Waals surface area contributed by atoms with Gasteiger partial charge in [-0.2, -0.15) is 5.26 Å². The summed E-state index contributed by atoms with van der Waals surface area (Å²) >= 11 is 1.22. The Kier molecular flexibility index (Phi) is 9.18. The minimum absolute atomic E-state index is 0.0187. The van der Waals surface area contributed by atoms with E-state index >= 15 is 0 Å². The number of rotatable bonds is 8. The van der Waals surface area contributed by atoms with E-state index in [1.54, 1.807) is 24.3 Å². The number of carbonyl (C=O) groups is 2. The highest BCUT2D eigenvalue weighted by molar-refractivity contribution is 8.04. The Labute approximate surface area is 252 Å². The zero-order valence-corrected chi connectivity index (χ0v) is 25.9. The van der Waals surface area contributed by atoms with Crippen LogP contribution in [0.1, 0.15) is 80.1 Å². The zero-order valence-electron chi connectivity index (χ0n) is 25.1. The average Bonchev–Trinajstić information content (AvgIpc) is 2.95. The largest absolute Gasteiger partial charge is 0.511 e. The predicted molar refractivity (Wildman–Crippen MR) is 168 cm³/mol. The molecule has 2 N–H and O–H groups in total. The lowest BCUT2D eigenvalue weighted by Gasteiger charge is -2.40. The van der Waals surface area contributed by atoms with E-state index < -0.39 is 11.6 Å². The summed E-state index contributed by atoms with van der Waals surface area (Å²) in [6, 6.07) is 22.5. The fourth-order valence-corrected chi connectivity index (χ4v) is 6.33. The van der Waals surface area contributed by atoms with Crippen LogP contribution in [0.25, 0.3) is 0 Å². The van der Waals surface area contributed by atoms with Crippen molar-refractivity contribution in [3.05, 3.63) is 105 Å². The van der Waals surface area contributed by atoms with Crippen LogP contribution >= 0.6 is 11.8 Å². The summed E-state index contributed by atoms with van der Waals surface area (Å²) < 4.78 is 6.16. The fraction of sp³-hybridized carbons (Fsp3) is 0.343. The van der Waals surface area contributed by atoms with Crippen LogP contribution in [0, 0.1) is 24.2 Å². The molecule has 7 heteroatoms. The normalized spacial score (nSPS) is 17.1. The molecule has 0 bridgehead atoms. The molecule has 42 heavy (non-hydrogen) atoms. The van der Waals surface area contributed by atoms with Crippen LogP contribution in [0.4, 0.5) is 5.69 Å². The quantitative estimate of drug-likeness (QED) is 0.260. The molecule has 0 saturated carbocycles. The number of nitriles is 1. The van der Waals surface area contributed by atoms with E-state index in [9.17, 15) is 14.7 Å². The SMILES string of the molecule is Cc1cc(SC2=C(O)C[C@](CCc3ccccc3)(C(C)C)OC2=O)c(C(C)(C)C)cc1NC(=O)c1ccc(C#N)cc1. The van der Waals surface area contributed by atoms with Gasteiger partial charge in [0.25, 0.3) is 5.91 Å². The smallest absolute Gasteiger partial charge is 0.349 e. The fourth-order valence-electron chi connectivity index (χ4n) is 5.09. The molecule has 1 heterocycles. The van der Waals surface area contributed by atoms with Gasteiger partial charge < -0.3 is 15.2 Å². The van der Waals surface area contributed by atoms with Crippen LogP contribution in [0.3, 0.4) is 0 Å². The second-order valence-electron chi connectivity index (χ2n) is 12.2. The van der Waals surface area contributed by atoms with Crippen LogP contribution < -0.4 is 5.32 Å². The topological polar surface area (TPSA) is 99.4 Å². The molecule has 1 amide bonds. The van der Waals surface area contributed by atoms with Crippen LogP contribution in [0.2, 0.25) is 0 Å². The van der Waals surface area contributed by atoms with Gasteiger partial charge in [0.15, 0.2) is 0 Å². The minimum Gasteiger partial charge on any atom is -0.511 e. The van der Waals surface area contributed by atoms with E-state index in [1.165, 1.54) is 11.8 Å². The molecular weight excluding hydrogens is 544 g/mol. The lowest BCUT2D eigenvalue weighted by molar-refractivity contribution is -0.164. The zero-order chi connectivity index (χ0) is 30.7. The van der Waals surface area contributed by atoms with Crippen molar-refractivity contribution < 1.29 is 19.4 Å². The molecular formula is C35H38N2O4S. The Balaban J connectivity index is 1.61. The average molecular weight is 583 g/mol. The van der Waals surface area contributed by atoms with E-state index in [1.807, 2.05) is 51.1 Å². The Hall–Kier alpha value is -4.02. The van der Waals surface area contributed by atoms with Gasteiger partial charge >= 0.3 is 5.97 Å². The number of aliphatic hydroxyl groups is 1. The number of anilines is 1. The first-order chi connectivity index (χ1) is 19.8. The lowest BCUT2D eigenvalue weighted by atomic mass is 9.80. The Morgan fingerprint density at radius 1 is 1.12 bits per heavy atom. The number of carbonyl (C=O) groups excluding carboxylic acids is 2. The number of ether oxygens (including phenoxy) is 1. The molecule has 4 rings (SSSR count). The second-order valence-corrected chi connectivity index (χ2v) is 13.3. The molecule has 3 aromatic rings. The molecule has 3 aromatic carbocycles. The van der Waals surface area contributed by atoms with Gasteiger partial charge in [-0.15, -0.1) is 0 Å². The molecule has 218 valence electrons. The van der Waals surface area contributed by atoms with E-state index in [-0.39, 0.29) is 34.3 Å². The number of aryl methyl sites for hydroxylation is 2. The number of hydrogen-bond donors (Lipinski definition) is 2. The third-order valence-electron chi connectivity index (χ3n) is 7.81. The van der Waals surface area contributed by atoms with Gasteiger partial charge in [0.05, 0.1) is 11.6 Å². The number of amides is 1. The molecule has 0 radical (unpaired) electrons. The summed E-state index contributed by atoms with van der Waals surface area (Å²) in [5.41, 5.74) is 3.38. The maximum Gasteiger partial charge on any atom is 0.349 e. The van der Waals surface area contributed by atoms with Crippen molar-refractivity contribution in [1.82, 2.24) is 0 Å². The monoisotopic (exact) mass is 582 g/mol. The first-order valence-electron chi connectivity index (χ1n) is 14.2. The summed E-state index contributed by atoms with van der Waals surface area (Å²) in [7, 11) is 0. The van der Waals surface area contributed by atoms with E-state index in [0.717, 1.165) is 28.0 Å². The molecule has 0 unspecified atom stereocenters. The standard InChI is InChI=1S/C35H38N2O4S/c1-22(2)35(17-16-24-10-8-7-9-11-24)20-29(38)31(33(40)41-35)42-30-18-23(3)28(19-27(30)34(4,5)6)37-32(39)26-14-12-25(21-36)13-15-26/h7-15,18-19,22,38H,16-17,20H2,1-6H3,(H,37,39)/t35-/m1/s1. The van der Waals surface area contributed by atoms with Crippen LogP contribution in [0.15, 0.2) is 82.3 Å². The molecule has 0 saturated heterocycles. The summed E-state index contributed by atoms with van der Waals surface area (Å²) in [4.78, 5) is 27.5. The van der Waals surface area contributed by atoms with Crippen molar-refractivity contribution in [3.8, 4) is 6.07 Å². The van der Waals surface area contributed by atoms with Crippen LogP contribution in [-0.4, -0.2) is 22.6 Å². The third-order valence-corrected chi connectivity index (χ3v) is 8.98. The highest BCUT2D eigenvalue weighted by Gasteiger charge is 2.44. The number of aliphatic hydroxyl groups excluding tert-OH is 1. The second kappa shape index (κ2) is 12.5. The van der Waals surface area contributed by atoms with Gasteiger partial charge in [0.1, 0.15) is 16.3 Å². The van der Waals surface area contributed by atoms with Crippen molar-refractivity contribution >= 4 is 29.3 Å². The van der Waals surface area contributed by atoms with Gasteiger partial charge in [0.2, 0.25) is 0 Å². The molecule has 1 aliphatic rings. The van der Waals surface area contributed by atoms with Gasteiger partial charge in [-0.25, -0.2) is 4.79 Å². The molecule has 1 atom stereocenters. The molecule has 0 spiro atoms. The number of thioether (sulfide) groups is 1. The molecule has 0 fully saturated rings. The Morgan fingerprint density at radius 3 is 2.36 bits per heavy atom. The number of benzene rings is 3. The van der Waals surface area contributed by atoms with Crippen molar-refractivity contribution in [1.29, 1.82) is 5.26 Å². The third kappa shape index (κ3) is 6.88. The highest BCUT2D eigenvalue weighted by atomic mass is 32.2. The minimum atomic E-state index is -0.788. The van der Waals surface area contributed by atoms with E-state index in [4.69, 9.17) is 10.00 Å². The summed E-state index contributed by atoms with van der Waals surface area (Å²) in [6.45, 7) is 12.1. The summed E-state index contributed by atoms with van der Waals surface area (Å²) in [5, 5.41) is 23.3. The maximum atomic E-state index is 13.5. The van der Waals surface area contributed by atoms with E-state index in [0.29, 0.717) is 23.2 Å². The van der Waals surface area contributed by atoms with Crippen molar-refractivity contribution in [3.63, 3.8) is 0 Å². The van der Waals surface area contributed by atoms with Crippen molar-refractivity contribution in [2.24, 2.45) is 5.92 Å². The Bertz CT molecular complexity index is 1550. The number of nitrogens with one attached hydrogen (secondary N) is 1. The van der Waals surface area contributed by atoms with Gasteiger partial charge in [0, 0.05) is 22.6 Å². The van der Waals surface area contributed by atoms with Gasteiger partial charge in [-0.3, -0.25) is 4.79 Å². The predicted octanol–water partition coefficient (Wildman–Crippen LogP) is 8.25. The van der Waals surface area contributed by atoms with Crippen molar-refractivity contribution in [2.75, 3.05) is 5.32 Å². The molecule has 0 aromatic heterocycles. The highest BCUT2D eigenvalue weighted by Crippen LogP contribution is 2.46. The van der Waals surface area contributed by atoms with Crippen molar-refractivity contribution in [2.45, 2.75) is 76.7 Å². The molecule has 0 aliphatic carbocycles. The number of nitrogens with zero attached hydrogens (tertiary/aromatic N) is 1. The Morgan fingerprint density at radius 2 is 1.79 bits per heavy atom. The molecule has 6 nitrogen and oxygen atoms in total.